The molecule has 0 fully saturated rings. The van der Waals surface area contributed by atoms with Crippen molar-refractivity contribution in [1.82, 2.24) is 9.97 Å². The zero-order valence-corrected chi connectivity index (χ0v) is 9.81. The van der Waals surface area contributed by atoms with Gasteiger partial charge in [-0.25, -0.2) is 9.78 Å². The fourth-order valence-electron chi connectivity index (χ4n) is 1.58. The molecule has 17 heavy (non-hydrogen) atoms. The Kier molecular flexibility index (Phi) is 3.23. The lowest BCUT2D eigenvalue weighted by Crippen LogP contribution is -2.11. The molecule has 0 aliphatic carbocycles. The summed E-state index contributed by atoms with van der Waals surface area (Å²) in [7, 11) is 0. The van der Waals surface area contributed by atoms with Crippen molar-refractivity contribution in [3.05, 3.63) is 48.0 Å². The first-order valence-corrected chi connectivity index (χ1v) is 5.49. The third-order valence-corrected chi connectivity index (χ3v) is 2.44. The van der Waals surface area contributed by atoms with Gasteiger partial charge in [0.1, 0.15) is 5.75 Å². The third-order valence-electron chi connectivity index (χ3n) is 2.44. The van der Waals surface area contributed by atoms with E-state index < -0.39 is 5.97 Å². The summed E-state index contributed by atoms with van der Waals surface area (Å²) in [6, 6.07) is 7.52. The Balaban J connectivity index is 2.22. The molecule has 0 spiro atoms. The van der Waals surface area contributed by atoms with E-state index in [0.717, 1.165) is 5.56 Å². The highest BCUT2D eigenvalue weighted by Crippen LogP contribution is 2.26. The first kappa shape index (κ1) is 11.4. The van der Waals surface area contributed by atoms with Gasteiger partial charge in [0.05, 0.1) is 0 Å². The van der Waals surface area contributed by atoms with Crippen molar-refractivity contribution in [3.63, 3.8) is 0 Å². The maximum Gasteiger partial charge on any atom is 0.379 e. The molecular weight excluding hydrogens is 216 g/mol. The molecule has 0 saturated carbocycles. The highest BCUT2D eigenvalue weighted by molar-refractivity contribution is 5.87. The molecule has 0 amide bonds. The number of aromatic amines is 1. The first-order chi connectivity index (χ1) is 8.18. The Labute approximate surface area is 99.7 Å². The second kappa shape index (κ2) is 4.82. The van der Waals surface area contributed by atoms with E-state index in [0.29, 0.717) is 11.7 Å². The van der Waals surface area contributed by atoms with Gasteiger partial charge in [-0.3, -0.25) is 0 Å². The summed E-state index contributed by atoms with van der Waals surface area (Å²) in [5.41, 5.74) is 1.01. The maximum absolute atomic E-state index is 11.7. The van der Waals surface area contributed by atoms with Gasteiger partial charge < -0.3 is 9.72 Å². The van der Waals surface area contributed by atoms with E-state index in [-0.39, 0.29) is 5.82 Å². The number of aromatic nitrogens is 2. The van der Waals surface area contributed by atoms with E-state index in [9.17, 15) is 4.79 Å². The lowest BCUT2D eigenvalue weighted by molar-refractivity contribution is 0.0721. The number of rotatable bonds is 3. The fourth-order valence-corrected chi connectivity index (χ4v) is 1.58. The number of para-hydroxylation sites is 1. The quantitative estimate of drug-likeness (QED) is 0.651. The first-order valence-electron chi connectivity index (χ1n) is 5.49. The van der Waals surface area contributed by atoms with Gasteiger partial charge in [0.2, 0.25) is 5.82 Å². The van der Waals surface area contributed by atoms with E-state index in [1.165, 1.54) is 6.20 Å². The van der Waals surface area contributed by atoms with Gasteiger partial charge >= 0.3 is 5.97 Å². The van der Waals surface area contributed by atoms with Gasteiger partial charge in [0, 0.05) is 12.4 Å². The summed E-state index contributed by atoms with van der Waals surface area (Å²) in [6.45, 7) is 4.11. The molecule has 1 aromatic carbocycles. The van der Waals surface area contributed by atoms with Crippen LogP contribution < -0.4 is 4.74 Å². The van der Waals surface area contributed by atoms with Crippen LogP contribution in [0.15, 0.2) is 36.7 Å². The molecule has 2 aromatic rings. The van der Waals surface area contributed by atoms with E-state index in [1.54, 1.807) is 12.3 Å². The molecule has 1 N–H and O–H groups in total. The fraction of sp³-hybridized carbons (Fsp3) is 0.231. The van der Waals surface area contributed by atoms with Crippen molar-refractivity contribution in [2.75, 3.05) is 0 Å². The number of ether oxygens (including phenoxy) is 1. The molecule has 0 bridgehead atoms. The van der Waals surface area contributed by atoms with E-state index >= 15 is 0 Å². The zero-order chi connectivity index (χ0) is 12.3. The van der Waals surface area contributed by atoms with Crippen LogP contribution in [-0.2, 0) is 0 Å². The Hall–Kier alpha value is -2.10. The van der Waals surface area contributed by atoms with E-state index in [4.69, 9.17) is 4.74 Å². The summed E-state index contributed by atoms with van der Waals surface area (Å²) in [6.07, 6.45) is 3.11. The minimum absolute atomic E-state index is 0.212. The molecule has 0 aliphatic rings. The molecular formula is C13H14N2O2. The average Bonchev–Trinajstić information content (AvgIpc) is 2.83. The van der Waals surface area contributed by atoms with Crippen molar-refractivity contribution in [1.29, 1.82) is 0 Å². The lowest BCUT2D eigenvalue weighted by Gasteiger charge is -2.11. The monoisotopic (exact) mass is 230 g/mol. The number of hydrogen-bond donors (Lipinski definition) is 1. The van der Waals surface area contributed by atoms with Crippen molar-refractivity contribution < 1.29 is 9.53 Å². The minimum Gasteiger partial charge on any atom is -0.420 e. The molecule has 4 nitrogen and oxygen atoms in total. The highest BCUT2D eigenvalue weighted by atomic mass is 16.5. The molecule has 1 aromatic heterocycles. The van der Waals surface area contributed by atoms with Crippen molar-refractivity contribution in [2.45, 2.75) is 19.8 Å². The largest absolute Gasteiger partial charge is 0.420 e. The summed E-state index contributed by atoms with van der Waals surface area (Å²) in [4.78, 5) is 18.3. The van der Waals surface area contributed by atoms with Gasteiger partial charge in [0.25, 0.3) is 0 Å². The normalized spacial score (nSPS) is 10.5. The van der Waals surface area contributed by atoms with Gasteiger partial charge in [-0.1, -0.05) is 32.0 Å². The average molecular weight is 230 g/mol. The zero-order valence-electron chi connectivity index (χ0n) is 9.81. The Morgan fingerprint density at radius 2 is 2.12 bits per heavy atom. The number of nitrogens with one attached hydrogen (secondary N) is 1. The van der Waals surface area contributed by atoms with Crippen molar-refractivity contribution >= 4 is 5.97 Å². The van der Waals surface area contributed by atoms with Crippen LogP contribution in [0, 0.1) is 0 Å². The maximum atomic E-state index is 11.7. The summed E-state index contributed by atoms with van der Waals surface area (Å²) in [5.74, 6) is 0.631. The van der Waals surface area contributed by atoms with Crippen LogP contribution in [0.1, 0.15) is 35.9 Å². The summed E-state index contributed by atoms with van der Waals surface area (Å²) in [5, 5.41) is 0. The third kappa shape index (κ3) is 2.53. The minimum atomic E-state index is -0.469. The second-order valence-electron chi connectivity index (χ2n) is 4.02. The van der Waals surface area contributed by atoms with Crippen LogP contribution in [0.25, 0.3) is 0 Å². The predicted octanol–water partition coefficient (Wildman–Crippen LogP) is 2.75. The number of carbonyl (C=O) groups is 1. The van der Waals surface area contributed by atoms with Gasteiger partial charge in [-0.15, -0.1) is 0 Å². The molecule has 0 radical (unpaired) electrons. The van der Waals surface area contributed by atoms with Gasteiger partial charge in [-0.05, 0) is 17.5 Å². The summed E-state index contributed by atoms with van der Waals surface area (Å²) >= 11 is 0. The van der Waals surface area contributed by atoms with Crippen LogP contribution in [-0.4, -0.2) is 15.9 Å². The Bertz CT molecular complexity index is 504. The number of carbonyl (C=O) groups excluding carboxylic acids is 1. The molecule has 1 heterocycles. The van der Waals surface area contributed by atoms with Crippen LogP contribution in [0.5, 0.6) is 5.75 Å². The molecule has 2 rings (SSSR count). The topological polar surface area (TPSA) is 55.0 Å². The lowest BCUT2D eigenvalue weighted by atomic mass is 10.0. The van der Waals surface area contributed by atoms with Crippen LogP contribution in [0.2, 0.25) is 0 Å². The SMILES string of the molecule is CC(C)c1ccccc1OC(=O)c1ncc[nH]1. The van der Waals surface area contributed by atoms with Crippen LogP contribution in [0.4, 0.5) is 0 Å². The van der Waals surface area contributed by atoms with Crippen LogP contribution in [0.3, 0.4) is 0 Å². The molecule has 0 saturated heterocycles. The molecule has 0 aliphatic heterocycles. The number of hydrogen-bond acceptors (Lipinski definition) is 3. The Morgan fingerprint density at radius 3 is 2.76 bits per heavy atom. The van der Waals surface area contributed by atoms with Crippen molar-refractivity contribution in [2.24, 2.45) is 0 Å². The van der Waals surface area contributed by atoms with Gasteiger partial charge in [0.15, 0.2) is 0 Å². The molecule has 88 valence electrons. The van der Waals surface area contributed by atoms with Crippen molar-refractivity contribution in [3.8, 4) is 5.75 Å². The summed E-state index contributed by atoms with van der Waals surface area (Å²) < 4.78 is 5.32. The number of imidazole rings is 1. The predicted molar refractivity (Wildman–Crippen MR) is 64.1 cm³/mol. The van der Waals surface area contributed by atoms with E-state index in [2.05, 4.69) is 23.8 Å². The smallest absolute Gasteiger partial charge is 0.379 e. The molecule has 4 heteroatoms. The molecule has 0 atom stereocenters. The second-order valence-corrected chi connectivity index (χ2v) is 4.02. The number of esters is 1. The standard InChI is InChI=1S/C13H14N2O2/c1-9(2)10-5-3-4-6-11(10)17-13(16)12-14-7-8-15-12/h3-9H,1-2H3,(H,14,15). The highest BCUT2D eigenvalue weighted by Gasteiger charge is 2.14. The van der Waals surface area contributed by atoms with Gasteiger partial charge in [-0.2, -0.15) is 0 Å². The van der Waals surface area contributed by atoms with E-state index in [1.807, 2.05) is 18.2 Å². The number of H-pyrrole nitrogens is 1. The number of benzene rings is 1. The Morgan fingerprint density at radius 1 is 1.35 bits per heavy atom. The molecule has 0 unspecified atom stereocenters. The number of nitrogens with zero attached hydrogens (tertiary/aromatic N) is 1. The van der Waals surface area contributed by atoms with Crippen LogP contribution >= 0.6 is 0 Å².